The molecule has 0 atom stereocenters. The van der Waals surface area contributed by atoms with Crippen LogP contribution in [0.15, 0.2) is 23.1 Å². The molecule has 0 amide bonds. The molecule has 0 saturated carbocycles. The van der Waals surface area contributed by atoms with E-state index in [1.807, 2.05) is 0 Å². The Hall–Kier alpha value is -1.88. The summed E-state index contributed by atoms with van der Waals surface area (Å²) < 4.78 is 61.2. The van der Waals surface area contributed by atoms with E-state index in [0.29, 0.717) is 6.54 Å². The van der Waals surface area contributed by atoms with Gasteiger partial charge in [0.2, 0.25) is 10.0 Å². The molecule has 0 radical (unpaired) electrons. The lowest BCUT2D eigenvalue weighted by atomic mass is 10.3. The maximum Gasteiger partial charge on any atom is 0.402 e. The van der Waals surface area contributed by atoms with Gasteiger partial charge in [-0.1, -0.05) is 0 Å². The SMILES string of the molecule is CCNc1ccc([N+](=O)[O-])c(S(=O)(=O)NCC(F)(F)F)c1. The van der Waals surface area contributed by atoms with E-state index in [9.17, 15) is 31.7 Å². The summed E-state index contributed by atoms with van der Waals surface area (Å²) >= 11 is 0. The Morgan fingerprint density at radius 3 is 2.43 bits per heavy atom. The second kappa shape index (κ2) is 6.26. The Kier molecular flexibility index (Phi) is 5.12. The number of alkyl halides is 3. The zero-order valence-corrected chi connectivity index (χ0v) is 11.6. The van der Waals surface area contributed by atoms with Gasteiger partial charge in [-0.3, -0.25) is 10.1 Å². The number of rotatable bonds is 6. The van der Waals surface area contributed by atoms with E-state index in [2.05, 4.69) is 5.32 Å². The van der Waals surface area contributed by atoms with Gasteiger partial charge in [-0.15, -0.1) is 0 Å². The molecule has 118 valence electrons. The fourth-order valence-electron chi connectivity index (χ4n) is 1.45. The van der Waals surface area contributed by atoms with Crippen LogP contribution in [0.25, 0.3) is 0 Å². The molecule has 21 heavy (non-hydrogen) atoms. The molecular formula is C10H12F3N3O4S. The minimum atomic E-state index is -4.76. The second-order valence-corrected chi connectivity index (χ2v) is 5.65. The van der Waals surface area contributed by atoms with Gasteiger partial charge in [0.05, 0.1) is 4.92 Å². The highest BCUT2D eigenvalue weighted by atomic mass is 32.2. The minimum absolute atomic E-state index is 0.246. The summed E-state index contributed by atoms with van der Waals surface area (Å²) in [6, 6.07) is 3.10. The normalized spacial score (nSPS) is 12.2. The topological polar surface area (TPSA) is 101 Å². The van der Waals surface area contributed by atoms with Crippen molar-refractivity contribution in [1.82, 2.24) is 4.72 Å². The Bertz CT molecular complexity index is 631. The Balaban J connectivity index is 3.24. The van der Waals surface area contributed by atoms with Gasteiger partial charge in [0.15, 0.2) is 4.90 Å². The minimum Gasteiger partial charge on any atom is -0.385 e. The number of hydrogen-bond donors (Lipinski definition) is 2. The van der Waals surface area contributed by atoms with E-state index < -0.39 is 38.3 Å². The van der Waals surface area contributed by atoms with Crippen LogP contribution in [0.3, 0.4) is 0 Å². The van der Waals surface area contributed by atoms with Gasteiger partial charge < -0.3 is 5.32 Å². The van der Waals surface area contributed by atoms with Gasteiger partial charge in [-0.25, -0.2) is 13.1 Å². The fourth-order valence-corrected chi connectivity index (χ4v) is 2.66. The number of nitrogens with one attached hydrogen (secondary N) is 2. The van der Waals surface area contributed by atoms with Crippen LogP contribution < -0.4 is 10.0 Å². The zero-order valence-electron chi connectivity index (χ0n) is 10.8. The third-order valence-electron chi connectivity index (χ3n) is 2.29. The molecule has 0 aromatic heterocycles. The first kappa shape index (κ1) is 17.2. The summed E-state index contributed by atoms with van der Waals surface area (Å²) in [6.07, 6.45) is -4.76. The van der Waals surface area contributed by atoms with Crippen LogP contribution in [0.4, 0.5) is 24.5 Å². The van der Waals surface area contributed by atoms with Crippen molar-refractivity contribution in [3.05, 3.63) is 28.3 Å². The molecule has 0 aliphatic heterocycles. The molecule has 1 aromatic carbocycles. The van der Waals surface area contributed by atoms with Gasteiger partial charge in [0.1, 0.15) is 6.54 Å². The molecule has 0 aliphatic rings. The summed E-state index contributed by atoms with van der Waals surface area (Å²) in [5.74, 6) is 0. The van der Waals surface area contributed by atoms with Crippen LogP contribution in [0.1, 0.15) is 6.92 Å². The lowest BCUT2D eigenvalue weighted by Crippen LogP contribution is -2.34. The number of nitro groups is 1. The molecule has 0 fully saturated rings. The van der Waals surface area contributed by atoms with Crippen molar-refractivity contribution in [1.29, 1.82) is 0 Å². The number of benzene rings is 1. The quantitative estimate of drug-likeness (QED) is 0.613. The molecule has 1 aromatic rings. The first-order valence-electron chi connectivity index (χ1n) is 5.65. The van der Waals surface area contributed by atoms with Gasteiger partial charge in [0.25, 0.3) is 5.69 Å². The lowest BCUT2D eigenvalue weighted by molar-refractivity contribution is -0.387. The molecule has 0 saturated heterocycles. The molecule has 1 rings (SSSR count). The van der Waals surface area contributed by atoms with Crippen molar-refractivity contribution in [2.24, 2.45) is 0 Å². The number of sulfonamides is 1. The number of halogens is 3. The van der Waals surface area contributed by atoms with Gasteiger partial charge in [-0.2, -0.15) is 13.2 Å². The highest BCUT2D eigenvalue weighted by Crippen LogP contribution is 2.27. The predicted molar refractivity (Wildman–Crippen MR) is 68.5 cm³/mol. The molecule has 7 nitrogen and oxygen atoms in total. The molecule has 0 spiro atoms. The van der Waals surface area contributed by atoms with Crippen molar-refractivity contribution >= 4 is 21.4 Å². The van der Waals surface area contributed by atoms with Crippen molar-refractivity contribution in [3.63, 3.8) is 0 Å². The average Bonchev–Trinajstić information content (AvgIpc) is 2.36. The van der Waals surface area contributed by atoms with Crippen LogP contribution in [-0.2, 0) is 10.0 Å². The summed E-state index contributed by atoms with van der Waals surface area (Å²) in [6.45, 7) is 0.308. The summed E-state index contributed by atoms with van der Waals surface area (Å²) in [7, 11) is -4.66. The number of anilines is 1. The molecule has 2 N–H and O–H groups in total. The Morgan fingerprint density at radius 2 is 1.95 bits per heavy atom. The molecule has 0 unspecified atom stereocenters. The monoisotopic (exact) mass is 327 g/mol. The number of nitro benzene ring substituents is 1. The zero-order chi connectivity index (χ0) is 16.3. The maximum absolute atomic E-state index is 12.1. The van der Waals surface area contributed by atoms with Crippen LogP contribution in [0.2, 0.25) is 0 Å². The molecule has 0 aliphatic carbocycles. The summed E-state index contributed by atoms with van der Waals surface area (Å²) in [4.78, 5) is 9.01. The van der Waals surface area contributed by atoms with Crippen LogP contribution in [0, 0.1) is 10.1 Å². The van der Waals surface area contributed by atoms with E-state index >= 15 is 0 Å². The van der Waals surface area contributed by atoms with E-state index in [4.69, 9.17) is 0 Å². The average molecular weight is 327 g/mol. The molecule has 0 heterocycles. The Labute approximate surface area is 118 Å². The van der Waals surface area contributed by atoms with Gasteiger partial charge in [0, 0.05) is 18.3 Å². The van der Waals surface area contributed by atoms with Crippen molar-refractivity contribution in [3.8, 4) is 0 Å². The van der Waals surface area contributed by atoms with Crippen LogP contribution in [0.5, 0.6) is 0 Å². The number of hydrogen-bond acceptors (Lipinski definition) is 5. The third-order valence-corrected chi connectivity index (χ3v) is 3.72. The summed E-state index contributed by atoms with van der Waals surface area (Å²) in [5, 5.41) is 13.5. The predicted octanol–water partition coefficient (Wildman–Crippen LogP) is 1.87. The lowest BCUT2D eigenvalue weighted by Gasteiger charge is -2.11. The largest absolute Gasteiger partial charge is 0.402 e. The van der Waals surface area contributed by atoms with Crippen molar-refractivity contribution in [2.75, 3.05) is 18.4 Å². The smallest absolute Gasteiger partial charge is 0.385 e. The highest BCUT2D eigenvalue weighted by molar-refractivity contribution is 7.89. The van der Waals surface area contributed by atoms with Gasteiger partial charge in [-0.05, 0) is 19.1 Å². The fraction of sp³-hybridized carbons (Fsp3) is 0.400. The van der Waals surface area contributed by atoms with E-state index in [-0.39, 0.29) is 5.69 Å². The molecule has 11 heteroatoms. The number of nitrogens with zero attached hydrogens (tertiary/aromatic N) is 1. The van der Waals surface area contributed by atoms with Crippen molar-refractivity contribution in [2.45, 2.75) is 18.0 Å². The first-order valence-corrected chi connectivity index (χ1v) is 7.14. The van der Waals surface area contributed by atoms with Crippen LogP contribution >= 0.6 is 0 Å². The standard InChI is InChI=1S/C10H12F3N3O4S/c1-2-14-7-3-4-8(16(17)18)9(5-7)21(19,20)15-6-10(11,12)13/h3-5,14-15H,2,6H2,1H3. The van der Waals surface area contributed by atoms with E-state index in [0.717, 1.165) is 12.1 Å². The van der Waals surface area contributed by atoms with Crippen LogP contribution in [-0.4, -0.2) is 32.6 Å². The van der Waals surface area contributed by atoms with E-state index in [1.54, 1.807) is 6.92 Å². The van der Waals surface area contributed by atoms with Crippen molar-refractivity contribution < 1.29 is 26.5 Å². The Morgan fingerprint density at radius 1 is 1.33 bits per heavy atom. The second-order valence-electron chi connectivity index (χ2n) is 3.91. The maximum atomic E-state index is 12.1. The summed E-state index contributed by atoms with van der Waals surface area (Å²) in [5.41, 5.74) is -0.554. The van der Waals surface area contributed by atoms with Gasteiger partial charge >= 0.3 is 6.18 Å². The first-order chi connectivity index (χ1) is 9.57. The molecular weight excluding hydrogens is 315 g/mol. The third kappa shape index (κ3) is 4.86. The van der Waals surface area contributed by atoms with E-state index in [1.165, 1.54) is 10.8 Å². The highest BCUT2D eigenvalue weighted by Gasteiger charge is 2.33. The molecule has 0 bridgehead atoms.